The molecule has 0 aromatic heterocycles. The molecule has 2 aromatic carbocycles. The van der Waals surface area contributed by atoms with Crippen molar-refractivity contribution in [3.8, 4) is 5.75 Å². The Morgan fingerprint density at radius 3 is 2.52 bits per heavy atom. The zero-order chi connectivity index (χ0) is 19.4. The summed E-state index contributed by atoms with van der Waals surface area (Å²) in [6, 6.07) is 13.2. The summed E-state index contributed by atoms with van der Waals surface area (Å²) in [6.07, 6.45) is 2.28. The molecule has 5 heteroatoms. The lowest BCUT2D eigenvalue weighted by atomic mass is 10.0. The van der Waals surface area contributed by atoms with Crippen LogP contribution in [0.1, 0.15) is 53.7 Å². The second-order valence-corrected chi connectivity index (χ2v) is 6.86. The lowest BCUT2D eigenvalue weighted by Gasteiger charge is -2.19. The summed E-state index contributed by atoms with van der Waals surface area (Å²) in [5, 5.41) is 3.10. The van der Waals surface area contributed by atoms with Crippen molar-refractivity contribution in [1.82, 2.24) is 5.32 Å². The molecule has 142 valence electrons. The van der Waals surface area contributed by atoms with E-state index in [2.05, 4.69) is 11.4 Å². The molecule has 1 saturated heterocycles. The minimum atomic E-state index is -0.116. The lowest BCUT2D eigenvalue weighted by molar-refractivity contribution is -0.117. The number of amides is 2. The minimum absolute atomic E-state index is 0.0676. The Kier molecular flexibility index (Phi) is 5.79. The maximum atomic E-state index is 12.7. The maximum Gasteiger partial charge on any atom is 0.251 e. The molecule has 0 spiro atoms. The summed E-state index contributed by atoms with van der Waals surface area (Å²) in [5.41, 5.74) is 3.55. The monoisotopic (exact) mass is 366 g/mol. The number of benzene rings is 2. The van der Waals surface area contributed by atoms with Crippen LogP contribution in [-0.2, 0) is 4.79 Å². The summed E-state index contributed by atoms with van der Waals surface area (Å²) < 4.78 is 5.31. The number of anilines is 1. The summed E-state index contributed by atoms with van der Waals surface area (Å²) >= 11 is 0. The average Bonchev–Trinajstić information content (AvgIpc) is 3.12. The molecular formula is C22H26N2O3. The van der Waals surface area contributed by atoms with E-state index in [9.17, 15) is 9.59 Å². The van der Waals surface area contributed by atoms with Gasteiger partial charge in [0.25, 0.3) is 5.91 Å². The van der Waals surface area contributed by atoms with Crippen LogP contribution in [-0.4, -0.2) is 25.5 Å². The summed E-state index contributed by atoms with van der Waals surface area (Å²) in [6.45, 7) is 4.79. The number of rotatable bonds is 6. The molecule has 0 bridgehead atoms. The van der Waals surface area contributed by atoms with Gasteiger partial charge >= 0.3 is 0 Å². The number of carbonyl (C=O) groups excluding carboxylic acids is 2. The topological polar surface area (TPSA) is 58.6 Å². The van der Waals surface area contributed by atoms with E-state index in [4.69, 9.17) is 4.74 Å². The largest absolute Gasteiger partial charge is 0.496 e. The third-order valence-corrected chi connectivity index (χ3v) is 5.05. The van der Waals surface area contributed by atoms with Crippen molar-refractivity contribution in [3.05, 3.63) is 59.2 Å². The molecule has 27 heavy (non-hydrogen) atoms. The lowest BCUT2D eigenvalue weighted by Crippen LogP contribution is -2.28. The quantitative estimate of drug-likeness (QED) is 0.840. The zero-order valence-corrected chi connectivity index (χ0v) is 16.1. The van der Waals surface area contributed by atoms with E-state index in [-0.39, 0.29) is 17.9 Å². The summed E-state index contributed by atoms with van der Waals surface area (Å²) in [4.78, 5) is 26.3. The SMILES string of the molecule is CC[C@@H](NC(=O)c1ccc(N2CCCC2=O)cc1)c1ccc(OC)c(C)c1. The van der Waals surface area contributed by atoms with Crippen molar-refractivity contribution in [2.75, 3.05) is 18.6 Å². The average molecular weight is 366 g/mol. The summed E-state index contributed by atoms with van der Waals surface area (Å²) in [5.74, 6) is 0.870. The van der Waals surface area contributed by atoms with Crippen LogP contribution in [0.25, 0.3) is 0 Å². The molecular weight excluding hydrogens is 340 g/mol. The number of carbonyl (C=O) groups is 2. The van der Waals surface area contributed by atoms with Gasteiger partial charge in [0.15, 0.2) is 0 Å². The van der Waals surface area contributed by atoms with Crippen molar-refractivity contribution < 1.29 is 14.3 Å². The van der Waals surface area contributed by atoms with E-state index < -0.39 is 0 Å². The minimum Gasteiger partial charge on any atom is -0.496 e. The van der Waals surface area contributed by atoms with Gasteiger partial charge in [-0.2, -0.15) is 0 Å². The highest BCUT2D eigenvalue weighted by Gasteiger charge is 2.22. The van der Waals surface area contributed by atoms with Gasteiger partial charge in [-0.15, -0.1) is 0 Å². The normalized spacial score (nSPS) is 14.9. The highest BCUT2D eigenvalue weighted by molar-refractivity contribution is 5.97. The van der Waals surface area contributed by atoms with E-state index in [0.29, 0.717) is 12.0 Å². The van der Waals surface area contributed by atoms with Crippen LogP contribution in [0.15, 0.2) is 42.5 Å². The molecule has 1 heterocycles. The number of hydrogen-bond acceptors (Lipinski definition) is 3. The molecule has 0 aliphatic carbocycles. The van der Waals surface area contributed by atoms with Gasteiger partial charge in [0, 0.05) is 24.2 Å². The van der Waals surface area contributed by atoms with Crippen molar-refractivity contribution in [1.29, 1.82) is 0 Å². The molecule has 0 unspecified atom stereocenters. The fraction of sp³-hybridized carbons (Fsp3) is 0.364. The van der Waals surface area contributed by atoms with E-state index >= 15 is 0 Å². The molecule has 1 aliphatic rings. The van der Waals surface area contributed by atoms with Gasteiger partial charge < -0.3 is 15.0 Å². The van der Waals surface area contributed by atoms with Crippen LogP contribution in [0, 0.1) is 6.92 Å². The Bertz CT molecular complexity index is 830. The standard InChI is InChI=1S/C22H26N2O3/c1-4-19(17-9-12-20(27-3)15(2)14-17)23-22(26)16-7-10-18(11-8-16)24-13-5-6-21(24)25/h7-12,14,19H,4-6,13H2,1-3H3,(H,23,26)/t19-/m1/s1. The molecule has 1 N–H and O–H groups in total. The first-order valence-electron chi connectivity index (χ1n) is 9.39. The number of nitrogens with one attached hydrogen (secondary N) is 1. The van der Waals surface area contributed by atoms with E-state index in [1.807, 2.05) is 38.1 Å². The molecule has 1 fully saturated rings. The van der Waals surface area contributed by atoms with Gasteiger partial charge in [0.05, 0.1) is 13.2 Å². The molecule has 2 aromatic rings. The van der Waals surface area contributed by atoms with Gasteiger partial charge in [0.1, 0.15) is 5.75 Å². The van der Waals surface area contributed by atoms with Crippen molar-refractivity contribution in [2.24, 2.45) is 0 Å². The highest BCUT2D eigenvalue weighted by Crippen LogP contribution is 2.25. The molecule has 3 rings (SSSR count). The highest BCUT2D eigenvalue weighted by atomic mass is 16.5. The van der Waals surface area contributed by atoms with Gasteiger partial charge in [-0.05, 0) is 61.2 Å². The van der Waals surface area contributed by atoms with Crippen molar-refractivity contribution in [2.45, 2.75) is 39.2 Å². The fourth-order valence-corrected chi connectivity index (χ4v) is 3.49. The van der Waals surface area contributed by atoms with E-state index in [1.165, 1.54) is 0 Å². The Labute approximate surface area is 160 Å². The van der Waals surface area contributed by atoms with Crippen molar-refractivity contribution >= 4 is 17.5 Å². The van der Waals surface area contributed by atoms with E-state index in [0.717, 1.165) is 42.0 Å². The van der Waals surface area contributed by atoms with Gasteiger partial charge in [-0.3, -0.25) is 9.59 Å². The van der Waals surface area contributed by atoms with Crippen LogP contribution in [0.5, 0.6) is 5.75 Å². The van der Waals surface area contributed by atoms with E-state index in [1.54, 1.807) is 24.1 Å². The van der Waals surface area contributed by atoms with Crippen LogP contribution in [0.3, 0.4) is 0 Å². The molecule has 2 amide bonds. The molecule has 0 saturated carbocycles. The second kappa shape index (κ2) is 8.25. The Morgan fingerprint density at radius 1 is 1.22 bits per heavy atom. The Balaban J connectivity index is 1.71. The molecule has 1 atom stereocenters. The van der Waals surface area contributed by atoms with Crippen LogP contribution >= 0.6 is 0 Å². The maximum absolute atomic E-state index is 12.7. The van der Waals surface area contributed by atoms with Gasteiger partial charge in [0.2, 0.25) is 5.91 Å². The first kappa shape index (κ1) is 19.0. The molecule has 0 radical (unpaired) electrons. The number of hydrogen-bond donors (Lipinski definition) is 1. The fourth-order valence-electron chi connectivity index (χ4n) is 3.49. The summed E-state index contributed by atoms with van der Waals surface area (Å²) in [7, 11) is 1.65. The Morgan fingerprint density at radius 2 is 1.96 bits per heavy atom. The van der Waals surface area contributed by atoms with Crippen LogP contribution < -0.4 is 15.0 Å². The van der Waals surface area contributed by atoms with Gasteiger partial charge in [-0.1, -0.05) is 19.1 Å². The third-order valence-electron chi connectivity index (χ3n) is 5.05. The Hall–Kier alpha value is -2.82. The zero-order valence-electron chi connectivity index (χ0n) is 16.1. The number of nitrogens with zero attached hydrogens (tertiary/aromatic N) is 1. The number of methoxy groups -OCH3 is 1. The number of aryl methyl sites for hydroxylation is 1. The van der Waals surface area contributed by atoms with Crippen LogP contribution in [0.2, 0.25) is 0 Å². The second-order valence-electron chi connectivity index (χ2n) is 6.86. The van der Waals surface area contributed by atoms with Gasteiger partial charge in [-0.25, -0.2) is 0 Å². The smallest absolute Gasteiger partial charge is 0.251 e. The third kappa shape index (κ3) is 4.13. The number of ether oxygens (including phenoxy) is 1. The first-order chi connectivity index (χ1) is 13.0. The van der Waals surface area contributed by atoms with Crippen LogP contribution in [0.4, 0.5) is 5.69 Å². The predicted molar refractivity (Wildman–Crippen MR) is 106 cm³/mol. The molecule has 1 aliphatic heterocycles. The van der Waals surface area contributed by atoms with Crippen molar-refractivity contribution in [3.63, 3.8) is 0 Å². The molecule has 5 nitrogen and oxygen atoms in total. The first-order valence-corrected chi connectivity index (χ1v) is 9.39. The predicted octanol–water partition coefficient (Wildman–Crippen LogP) is 4.01.